The van der Waals surface area contributed by atoms with Crippen molar-refractivity contribution in [3.8, 4) is 0 Å². The van der Waals surface area contributed by atoms with Gasteiger partial charge < -0.3 is 29.7 Å². The maximum atomic E-state index is 13.7. The van der Waals surface area contributed by atoms with Gasteiger partial charge in [0.1, 0.15) is 22.8 Å². The minimum Gasteiger partial charge on any atom is -0.460 e. The van der Waals surface area contributed by atoms with Gasteiger partial charge in [-0.15, -0.1) is 0 Å². The van der Waals surface area contributed by atoms with E-state index < -0.39 is 70.2 Å². The molecule has 3 fully saturated rings. The van der Waals surface area contributed by atoms with Crippen molar-refractivity contribution in [1.29, 1.82) is 0 Å². The molecule has 0 aromatic carbocycles. The summed E-state index contributed by atoms with van der Waals surface area (Å²) < 4.78 is 16.0. The Bertz CT molecular complexity index is 1320. The lowest BCUT2D eigenvalue weighted by Gasteiger charge is -2.59. The van der Waals surface area contributed by atoms with Crippen LogP contribution in [0.1, 0.15) is 100 Å². The third kappa shape index (κ3) is 7.10. The van der Waals surface area contributed by atoms with Crippen molar-refractivity contribution in [2.24, 2.45) is 28.6 Å². The number of ketones is 2. The molecule has 256 valence electrons. The maximum absolute atomic E-state index is 13.7. The maximum Gasteiger partial charge on any atom is 0.408 e. The fourth-order valence-corrected chi connectivity index (χ4v) is 8.50. The molecule has 0 radical (unpaired) electrons. The van der Waals surface area contributed by atoms with Crippen LogP contribution in [0, 0.1) is 28.6 Å². The van der Waals surface area contributed by atoms with Crippen molar-refractivity contribution in [2.75, 3.05) is 6.61 Å². The molecule has 1 amide bonds. The third-order valence-corrected chi connectivity index (χ3v) is 10.5. The number of hydrogen-bond donors (Lipinski definition) is 3. The van der Waals surface area contributed by atoms with E-state index in [0.29, 0.717) is 12.8 Å². The van der Waals surface area contributed by atoms with Gasteiger partial charge in [-0.05, 0) is 104 Å². The minimum absolute atomic E-state index is 0.0217. The van der Waals surface area contributed by atoms with Gasteiger partial charge in [0, 0.05) is 23.2 Å². The number of aliphatic hydroxyl groups excluding tert-OH is 1. The highest BCUT2D eigenvalue weighted by Gasteiger charge is 2.68. The van der Waals surface area contributed by atoms with Crippen LogP contribution in [0.5, 0.6) is 0 Å². The Morgan fingerprint density at radius 2 is 1.70 bits per heavy atom. The van der Waals surface area contributed by atoms with E-state index >= 15 is 0 Å². The highest BCUT2D eigenvalue weighted by molar-refractivity contribution is 6.01. The number of amides is 1. The number of nitrogens with one attached hydrogen (secondary N) is 1. The second-order valence-electron chi connectivity index (χ2n) is 16.0. The molecule has 0 aliphatic heterocycles. The van der Waals surface area contributed by atoms with Gasteiger partial charge in [-0.3, -0.25) is 14.4 Å². The molecule has 3 saturated carbocycles. The zero-order chi connectivity index (χ0) is 34.5. The Labute approximate surface area is 271 Å². The number of Topliss-reactive ketones (excluding diaryl/α,β-unsaturated/α-hetero) is 1. The van der Waals surface area contributed by atoms with Gasteiger partial charge in [-0.1, -0.05) is 25.5 Å². The Morgan fingerprint density at radius 1 is 1.04 bits per heavy atom. The van der Waals surface area contributed by atoms with Gasteiger partial charge in [-0.2, -0.15) is 0 Å². The van der Waals surface area contributed by atoms with Gasteiger partial charge in [0.2, 0.25) is 5.78 Å². The molecular formula is C35H51NO10. The van der Waals surface area contributed by atoms with Crippen LogP contribution < -0.4 is 5.32 Å². The second kappa shape index (κ2) is 12.5. The molecule has 8 unspecified atom stereocenters. The summed E-state index contributed by atoms with van der Waals surface area (Å²) in [6, 6.07) is -1.31. The molecule has 0 heterocycles. The summed E-state index contributed by atoms with van der Waals surface area (Å²) in [5.41, 5.74) is -3.86. The normalized spacial score (nSPS) is 34.3. The fraction of sp³-hybridized carbons (Fsp3) is 0.743. The molecule has 0 spiro atoms. The van der Waals surface area contributed by atoms with Crippen LogP contribution in [0.2, 0.25) is 0 Å². The van der Waals surface area contributed by atoms with E-state index in [9.17, 15) is 34.2 Å². The van der Waals surface area contributed by atoms with Crippen LogP contribution in [0.3, 0.4) is 0 Å². The van der Waals surface area contributed by atoms with Gasteiger partial charge >= 0.3 is 18.0 Å². The smallest absolute Gasteiger partial charge is 0.408 e. The number of fused-ring (bicyclic) bond motifs is 5. The van der Waals surface area contributed by atoms with E-state index in [-0.39, 0.29) is 49.2 Å². The average molecular weight is 646 g/mol. The van der Waals surface area contributed by atoms with E-state index in [1.54, 1.807) is 53.7 Å². The molecule has 0 aromatic rings. The number of rotatable bonds is 8. The van der Waals surface area contributed by atoms with Crippen molar-refractivity contribution < 1.29 is 48.4 Å². The Kier molecular flexibility index (Phi) is 9.75. The molecule has 11 heteroatoms. The summed E-state index contributed by atoms with van der Waals surface area (Å²) in [5, 5.41) is 26.0. The lowest BCUT2D eigenvalue weighted by Crippen LogP contribution is -2.61. The van der Waals surface area contributed by atoms with Crippen molar-refractivity contribution in [3.05, 3.63) is 23.8 Å². The highest BCUT2D eigenvalue weighted by atomic mass is 16.6. The molecule has 11 nitrogen and oxygen atoms in total. The monoisotopic (exact) mass is 645 g/mol. The number of ether oxygens (including phenoxy) is 3. The van der Waals surface area contributed by atoms with Gasteiger partial charge in [0.25, 0.3) is 0 Å². The number of carbonyl (C=O) groups is 5. The first kappa shape index (κ1) is 35.8. The SMILES string of the molecule is CC(C)(C)OC(=O)CCC(NC(=O)OC(C)(C)C)C(=O)OCC(=O)C1(O)CCC2C3CCC4=CC(=O)C=CC4(C)C3C(O)CC21C. The zero-order valence-corrected chi connectivity index (χ0v) is 28.4. The number of carbonyl (C=O) groups excluding carboxylic acids is 5. The van der Waals surface area contributed by atoms with Crippen molar-refractivity contribution in [3.63, 3.8) is 0 Å². The molecule has 8 atom stereocenters. The summed E-state index contributed by atoms with van der Waals surface area (Å²) in [4.78, 5) is 63.9. The molecule has 4 aliphatic rings. The van der Waals surface area contributed by atoms with E-state index in [1.165, 1.54) is 0 Å². The predicted molar refractivity (Wildman–Crippen MR) is 167 cm³/mol. The lowest BCUT2D eigenvalue weighted by molar-refractivity contribution is -0.181. The van der Waals surface area contributed by atoms with E-state index in [1.807, 2.05) is 13.0 Å². The van der Waals surface area contributed by atoms with Crippen LogP contribution in [0.15, 0.2) is 23.8 Å². The summed E-state index contributed by atoms with van der Waals surface area (Å²) in [6.45, 7) is 13.3. The number of allylic oxidation sites excluding steroid dienone is 4. The molecule has 46 heavy (non-hydrogen) atoms. The number of aliphatic hydroxyl groups is 2. The largest absolute Gasteiger partial charge is 0.460 e. The standard InChI is InChI=1S/C35H51NO10/c1-31(2,3)45-27(40)12-11-24(36-30(42)46-32(4,5)6)29(41)44-19-26(39)35(43)16-14-23-22-10-9-20-17-21(37)13-15-33(20,7)28(22)25(38)18-34(23,35)8/h13,15,17,22-25,28,38,43H,9-12,14,16,18-19H2,1-8H3,(H,36,42). The fourth-order valence-electron chi connectivity index (χ4n) is 8.50. The molecule has 0 aromatic heterocycles. The van der Waals surface area contributed by atoms with Gasteiger partial charge in [0.05, 0.1) is 6.10 Å². The Hall–Kier alpha value is -3.05. The first-order chi connectivity index (χ1) is 21.1. The highest BCUT2D eigenvalue weighted by Crippen LogP contribution is 2.67. The summed E-state index contributed by atoms with van der Waals surface area (Å²) >= 11 is 0. The molecule has 4 rings (SSSR count). The van der Waals surface area contributed by atoms with Crippen LogP contribution in [0.25, 0.3) is 0 Å². The van der Waals surface area contributed by atoms with Crippen LogP contribution in [0.4, 0.5) is 4.79 Å². The van der Waals surface area contributed by atoms with E-state index in [0.717, 1.165) is 12.0 Å². The van der Waals surface area contributed by atoms with Crippen LogP contribution in [-0.2, 0) is 33.4 Å². The minimum atomic E-state index is -1.84. The average Bonchev–Trinajstić information content (AvgIpc) is 3.18. The van der Waals surface area contributed by atoms with Gasteiger partial charge in [0.15, 0.2) is 12.4 Å². The zero-order valence-electron chi connectivity index (χ0n) is 28.4. The first-order valence-electron chi connectivity index (χ1n) is 16.4. The van der Waals surface area contributed by atoms with Crippen LogP contribution in [-0.4, -0.2) is 75.4 Å². The molecule has 4 aliphatic carbocycles. The second-order valence-corrected chi connectivity index (χ2v) is 16.0. The van der Waals surface area contributed by atoms with E-state index in [2.05, 4.69) is 12.2 Å². The molecule has 0 bridgehead atoms. The Morgan fingerprint density at radius 3 is 2.33 bits per heavy atom. The first-order valence-corrected chi connectivity index (χ1v) is 16.4. The number of alkyl carbamates (subject to hydrolysis) is 1. The summed E-state index contributed by atoms with van der Waals surface area (Å²) in [5.74, 6) is -2.45. The van der Waals surface area contributed by atoms with Crippen LogP contribution >= 0.6 is 0 Å². The molecule has 0 saturated heterocycles. The lowest BCUT2D eigenvalue weighted by atomic mass is 9.46. The van der Waals surface area contributed by atoms with Crippen molar-refractivity contribution in [2.45, 2.75) is 129 Å². The van der Waals surface area contributed by atoms with Crippen molar-refractivity contribution >= 4 is 29.6 Å². The number of esters is 2. The third-order valence-electron chi connectivity index (χ3n) is 10.5. The molecular weight excluding hydrogens is 594 g/mol. The topological polar surface area (TPSA) is 166 Å². The number of hydrogen-bond acceptors (Lipinski definition) is 10. The van der Waals surface area contributed by atoms with E-state index in [4.69, 9.17) is 14.2 Å². The quantitative estimate of drug-likeness (QED) is 0.258. The summed E-state index contributed by atoms with van der Waals surface area (Å²) in [7, 11) is 0. The Balaban J connectivity index is 1.46. The predicted octanol–water partition coefficient (Wildman–Crippen LogP) is 4.12. The van der Waals surface area contributed by atoms with Gasteiger partial charge in [-0.25, -0.2) is 9.59 Å². The summed E-state index contributed by atoms with van der Waals surface area (Å²) in [6.07, 6.45) is 5.41. The molecule has 3 N–H and O–H groups in total. The van der Waals surface area contributed by atoms with Crippen molar-refractivity contribution in [1.82, 2.24) is 5.32 Å².